The smallest absolute Gasteiger partial charge is 0.291 e. The van der Waals surface area contributed by atoms with Gasteiger partial charge >= 0.3 is 0 Å². The molecule has 0 unspecified atom stereocenters. The van der Waals surface area contributed by atoms with E-state index in [1.54, 1.807) is 30.3 Å². The molecule has 0 saturated heterocycles. The van der Waals surface area contributed by atoms with Crippen LogP contribution in [-0.2, 0) is 5.41 Å². The maximum absolute atomic E-state index is 12.8. The number of amides is 2. The molecule has 0 saturated carbocycles. The van der Waals surface area contributed by atoms with Gasteiger partial charge in [0.05, 0.1) is 16.1 Å². The Balaban J connectivity index is 1.43. The molecule has 0 aliphatic rings. The van der Waals surface area contributed by atoms with Crippen molar-refractivity contribution in [2.75, 3.05) is 10.6 Å². The summed E-state index contributed by atoms with van der Waals surface area (Å²) in [5.74, 6) is 0.647. The van der Waals surface area contributed by atoms with Crippen molar-refractivity contribution < 1.29 is 18.5 Å². The predicted octanol–water partition coefficient (Wildman–Crippen LogP) is 5.50. The zero-order valence-electron chi connectivity index (χ0n) is 18.1. The SMILES string of the molecule is Cc1cc(NC(=O)c2ccco2)sc1C(=O)Nc1ccc(-c2noc(C(C)(C)C)n2)cc1. The van der Waals surface area contributed by atoms with Crippen LogP contribution in [0.1, 0.15) is 52.5 Å². The lowest BCUT2D eigenvalue weighted by Crippen LogP contribution is -2.11. The van der Waals surface area contributed by atoms with E-state index in [4.69, 9.17) is 8.94 Å². The minimum absolute atomic E-state index is 0.207. The highest BCUT2D eigenvalue weighted by molar-refractivity contribution is 7.18. The van der Waals surface area contributed by atoms with E-state index < -0.39 is 0 Å². The molecule has 0 aliphatic heterocycles. The topological polar surface area (TPSA) is 110 Å². The number of furan rings is 1. The maximum atomic E-state index is 12.8. The van der Waals surface area contributed by atoms with E-state index in [9.17, 15) is 9.59 Å². The number of hydrogen-bond donors (Lipinski definition) is 2. The average Bonchev–Trinajstić information content (AvgIpc) is 3.49. The molecule has 1 aromatic carbocycles. The first kappa shape index (κ1) is 21.5. The van der Waals surface area contributed by atoms with Gasteiger partial charge in [-0.25, -0.2) is 0 Å². The number of rotatable bonds is 5. The van der Waals surface area contributed by atoms with Crippen LogP contribution in [0.15, 0.2) is 57.7 Å². The summed E-state index contributed by atoms with van der Waals surface area (Å²) >= 11 is 1.20. The van der Waals surface area contributed by atoms with Crippen molar-refractivity contribution in [2.24, 2.45) is 0 Å². The van der Waals surface area contributed by atoms with Gasteiger partial charge in [0, 0.05) is 16.7 Å². The Morgan fingerprint density at radius 2 is 1.78 bits per heavy atom. The largest absolute Gasteiger partial charge is 0.459 e. The first-order valence-corrected chi connectivity index (χ1v) is 10.7. The summed E-state index contributed by atoms with van der Waals surface area (Å²) < 4.78 is 10.4. The van der Waals surface area contributed by atoms with Crippen molar-refractivity contribution in [3.63, 3.8) is 0 Å². The standard InChI is InChI=1S/C23H22N4O4S/c1-13-12-17(25-20(28)16-6-5-11-30-16)32-18(13)21(29)24-15-9-7-14(8-10-15)19-26-22(31-27-19)23(2,3)4/h5-12H,1-4H3,(H,24,29)(H,25,28). The Morgan fingerprint density at radius 3 is 2.41 bits per heavy atom. The number of anilines is 2. The molecule has 4 aromatic rings. The highest BCUT2D eigenvalue weighted by atomic mass is 32.1. The van der Waals surface area contributed by atoms with Gasteiger partial charge in [-0.3, -0.25) is 9.59 Å². The number of benzene rings is 1. The van der Waals surface area contributed by atoms with Gasteiger partial charge in [-0.15, -0.1) is 11.3 Å². The average molecular weight is 451 g/mol. The van der Waals surface area contributed by atoms with E-state index in [2.05, 4.69) is 20.8 Å². The molecule has 164 valence electrons. The van der Waals surface area contributed by atoms with E-state index >= 15 is 0 Å². The van der Waals surface area contributed by atoms with Gasteiger partial charge in [-0.05, 0) is 55.0 Å². The number of carbonyl (C=O) groups excluding carboxylic acids is 2. The van der Waals surface area contributed by atoms with Crippen molar-refractivity contribution in [2.45, 2.75) is 33.1 Å². The molecule has 3 heterocycles. The first-order valence-electron chi connectivity index (χ1n) is 9.92. The lowest BCUT2D eigenvalue weighted by molar-refractivity contribution is 0.0995. The van der Waals surface area contributed by atoms with Crippen LogP contribution in [0.5, 0.6) is 0 Å². The van der Waals surface area contributed by atoms with Crippen molar-refractivity contribution in [1.29, 1.82) is 0 Å². The number of aryl methyl sites for hydroxylation is 1. The third-order valence-corrected chi connectivity index (χ3v) is 5.73. The van der Waals surface area contributed by atoms with Gasteiger partial charge in [0.2, 0.25) is 11.7 Å². The van der Waals surface area contributed by atoms with Crippen LogP contribution >= 0.6 is 11.3 Å². The Labute approximate surface area is 188 Å². The highest BCUT2D eigenvalue weighted by Gasteiger charge is 2.22. The van der Waals surface area contributed by atoms with E-state index in [0.717, 1.165) is 11.1 Å². The van der Waals surface area contributed by atoms with E-state index in [1.165, 1.54) is 17.6 Å². The van der Waals surface area contributed by atoms with Gasteiger partial charge in [0.1, 0.15) is 0 Å². The van der Waals surface area contributed by atoms with Gasteiger partial charge in [0.25, 0.3) is 11.8 Å². The summed E-state index contributed by atoms with van der Waals surface area (Å²) in [7, 11) is 0. The Bertz CT molecular complexity index is 1250. The van der Waals surface area contributed by atoms with Crippen LogP contribution in [0.3, 0.4) is 0 Å². The van der Waals surface area contributed by atoms with Crippen molar-refractivity contribution in [3.8, 4) is 11.4 Å². The number of nitrogens with zero attached hydrogens (tertiary/aromatic N) is 2. The van der Waals surface area contributed by atoms with E-state index in [1.807, 2.05) is 39.8 Å². The van der Waals surface area contributed by atoms with Gasteiger partial charge in [0.15, 0.2) is 5.76 Å². The number of thiophene rings is 1. The fraction of sp³-hybridized carbons (Fsp3) is 0.217. The predicted molar refractivity (Wildman–Crippen MR) is 122 cm³/mol. The fourth-order valence-electron chi connectivity index (χ4n) is 2.89. The van der Waals surface area contributed by atoms with Crippen LogP contribution in [0.4, 0.5) is 10.7 Å². The van der Waals surface area contributed by atoms with E-state index in [-0.39, 0.29) is 23.0 Å². The molecule has 4 rings (SSSR count). The van der Waals surface area contributed by atoms with Crippen LogP contribution < -0.4 is 10.6 Å². The molecule has 9 heteroatoms. The van der Waals surface area contributed by atoms with Gasteiger partial charge in [-0.1, -0.05) is 25.9 Å². The zero-order valence-corrected chi connectivity index (χ0v) is 18.9. The minimum atomic E-state index is -0.366. The molecule has 0 radical (unpaired) electrons. The van der Waals surface area contributed by atoms with Crippen LogP contribution in [0, 0.1) is 6.92 Å². The summed E-state index contributed by atoms with van der Waals surface area (Å²) in [6, 6.07) is 12.2. The second-order valence-electron chi connectivity index (χ2n) is 8.26. The molecular formula is C23H22N4O4S. The first-order chi connectivity index (χ1) is 15.2. The van der Waals surface area contributed by atoms with Gasteiger partial charge < -0.3 is 19.6 Å². The molecule has 0 atom stereocenters. The second-order valence-corrected chi connectivity index (χ2v) is 9.31. The maximum Gasteiger partial charge on any atom is 0.291 e. The normalized spacial score (nSPS) is 11.4. The zero-order chi connectivity index (χ0) is 22.9. The summed E-state index contributed by atoms with van der Waals surface area (Å²) in [5.41, 5.74) is 1.96. The van der Waals surface area contributed by atoms with Gasteiger partial charge in [-0.2, -0.15) is 4.98 Å². The summed E-state index contributed by atoms with van der Waals surface area (Å²) in [4.78, 5) is 29.9. The monoisotopic (exact) mass is 450 g/mol. The quantitative estimate of drug-likeness (QED) is 0.415. The third-order valence-electron chi connectivity index (χ3n) is 4.57. The molecule has 0 fully saturated rings. The van der Waals surface area contributed by atoms with Crippen molar-refractivity contribution >= 4 is 33.8 Å². The minimum Gasteiger partial charge on any atom is -0.459 e. The number of aromatic nitrogens is 2. The molecule has 3 aromatic heterocycles. The molecular weight excluding hydrogens is 428 g/mol. The summed E-state index contributed by atoms with van der Waals surface area (Å²) in [6.07, 6.45) is 1.43. The molecule has 2 amide bonds. The lowest BCUT2D eigenvalue weighted by atomic mass is 9.97. The van der Waals surface area contributed by atoms with Crippen molar-refractivity contribution in [1.82, 2.24) is 10.1 Å². The van der Waals surface area contributed by atoms with E-state index in [0.29, 0.717) is 27.3 Å². The summed E-state index contributed by atoms with van der Waals surface area (Å²) in [5, 5.41) is 10.2. The number of carbonyl (C=O) groups is 2. The number of hydrogen-bond acceptors (Lipinski definition) is 7. The molecule has 2 N–H and O–H groups in total. The molecule has 0 bridgehead atoms. The fourth-order valence-corrected chi connectivity index (χ4v) is 3.85. The van der Waals surface area contributed by atoms with Crippen molar-refractivity contribution in [3.05, 3.63) is 70.8 Å². The molecule has 32 heavy (non-hydrogen) atoms. The Kier molecular flexibility index (Phi) is 5.67. The molecule has 8 nitrogen and oxygen atoms in total. The Morgan fingerprint density at radius 1 is 1.03 bits per heavy atom. The summed E-state index contributed by atoms with van der Waals surface area (Å²) in [6.45, 7) is 7.83. The van der Waals surface area contributed by atoms with Crippen LogP contribution in [0.2, 0.25) is 0 Å². The Hall–Kier alpha value is -3.72. The highest BCUT2D eigenvalue weighted by Crippen LogP contribution is 2.29. The molecule has 0 spiro atoms. The lowest BCUT2D eigenvalue weighted by Gasteiger charge is -2.10. The molecule has 0 aliphatic carbocycles. The van der Waals surface area contributed by atoms with Crippen LogP contribution in [0.25, 0.3) is 11.4 Å². The third kappa shape index (κ3) is 4.62. The second kappa shape index (κ2) is 8.43. The van der Waals surface area contributed by atoms with Crippen LogP contribution in [-0.4, -0.2) is 22.0 Å². The number of nitrogens with one attached hydrogen (secondary N) is 2.